The molecule has 2 aromatic carbocycles. The van der Waals surface area contributed by atoms with E-state index >= 15 is 0 Å². The number of fused-ring (bicyclic) bond motifs is 1. The van der Waals surface area contributed by atoms with E-state index in [0.717, 1.165) is 36.9 Å². The summed E-state index contributed by atoms with van der Waals surface area (Å²) in [5.41, 5.74) is 2.39. The van der Waals surface area contributed by atoms with Crippen molar-refractivity contribution in [1.29, 1.82) is 0 Å². The monoisotopic (exact) mass is 468 g/mol. The molecule has 1 fully saturated rings. The van der Waals surface area contributed by atoms with E-state index in [0.29, 0.717) is 18.5 Å². The number of ether oxygens (including phenoxy) is 1. The molecule has 2 aliphatic rings. The van der Waals surface area contributed by atoms with E-state index < -0.39 is 22.1 Å². The van der Waals surface area contributed by atoms with Gasteiger partial charge in [0.25, 0.3) is 15.9 Å². The molecule has 1 aliphatic carbocycles. The molecule has 1 heterocycles. The number of amides is 1. The molecule has 1 N–H and O–H groups in total. The topological polar surface area (TPSA) is 92.8 Å². The van der Waals surface area contributed by atoms with Gasteiger partial charge in [-0.3, -0.25) is 9.10 Å². The molecule has 4 rings (SSSR count). The van der Waals surface area contributed by atoms with Crippen LogP contribution in [0.15, 0.2) is 59.5 Å². The van der Waals surface area contributed by atoms with Crippen LogP contribution in [-0.4, -0.2) is 39.0 Å². The Morgan fingerprint density at radius 3 is 2.52 bits per heavy atom. The van der Waals surface area contributed by atoms with Crippen molar-refractivity contribution in [2.24, 2.45) is 0 Å². The minimum Gasteiger partial charge on any atom is -0.449 e. The van der Waals surface area contributed by atoms with Gasteiger partial charge in [0, 0.05) is 18.7 Å². The zero-order chi connectivity index (χ0) is 23.4. The van der Waals surface area contributed by atoms with Crippen molar-refractivity contribution in [2.75, 3.05) is 10.8 Å². The van der Waals surface area contributed by atoms with Gasteiger partial charge in [-0.05, 0) is 61.6 Å². The molecule has 1 aliphatic heterocycles. The SMILES string of the molecule is CC(OC(=O)/C=C/c1ccc(S(=O)(=O)N2CCc3ccccc32)cc1)C(=O)NC1CCCC1. The number of benzene rings is 2. The fraction of sp³-hybridized carbons (Fsp3) is 0.360. The quantitative estimate of drug-likeness (QED) is 0.496. The Balaban J connectivity index is 1.35. The summed E-state index contributed by atoms with van der Waals surface area (Å²) in [5, 5.41) is 2.91. The van der Waals surface area contributed by atoms with Crippen LogP contribution in [0.5, 0.6) is 0 Å². The number of hydrogen-bond donors (Lipinski definition) is 1. The summed E-state index contributed by atoms with van der Waals surface area (Å²) < 4.78 is 32.8. The van der Waals surface area contributed by atoms with Crippen LogP contribution < -0.4 is 9.62 Å². The molecule has 0 spiro atoms. The van der Waals surface area contributed by atoms with Gasteiger partial charge < -0.3 is 10.1 Å². The number of hydrogen-bond acceptors (Lipinski definition) is 5. The van der Waals surface area contributed by atoms with Crippen LogP contribution >= 0.6 is 0 Å². The smallest absolute Gasteiger partial charge is 0.331 e. The van der Waals surface area contributed by atoms with Gasteiger partial charge >= 0.3 is 5.97 Å². The highest BCUT2D eigenvalue weighted by molar-refractivity contribution is 7.92. The molecular formula is C25H28N2O5S. The number of nitrogens with zero attached hydrogens (tertiary/aromatic N) is 1. The van der Waals surface area contributed by atoms with Crippen LogP contribution in [0.4, 0.5) is 5.69 Å². The summed E-state index contributed by atoms with van der Waals surface area (Å²) in [6.45, 7) is 1.97. The Morgan fingerprint density at radius 2 is 1.79 bits per heavy atom. The van der Waals surface area contributed by atoms with Gasteiger partial charge in [-0.1, -0.05) is 43.2 Å². The Hall–Kier alpha value is -3.13. The van der Waals surface area contributed by atoms with Gasteiger partial charge in [0.1, 0.15) is 0 Å². The number of rotatable bonds is 7. The van der Waals surface area contributed by atoms with Crippen molar-refractivity contribution in [2.45, 2.75) is 56.1 Å². The molecule has 8 heteroatoms. The molecule has 1 saturated carbocycles. The zero-order valence-corrected chi connectivity index (χ0v) is 19.4. The Labute approximate surface area is 194 Å². The maximum atomic E-state index is 13.1. The number of sulfonamides is 1. The number of carbonyl (C=O) groups is 2. The van der Waals surface area contributed by atoms with E-state index in [1.54, 1.807) is 19.1 Å². The largest absolute Gasteiger partial charge is 0.449 e. The van der Waals surface area contributed by atoms with Gasteiger partial charge in [-0.15, -0.1) is 0 Å². The minimum atomic E-state index is -3.66. The summed E-state index contributed by atoms with van der Waals surface area (Å²) in [6, 6.07) is 14.0. The van der Waals surface area contributed by atoms with Crippen LogP contribution in [0.3, 0.4) is 0 Å². The van der Waals surface area contributed by atoms with E-state index in [-0.39, 0.29) is 16.8 Å². The summed E-state index contributed by atoms with van der Waals surface area (Å²) in [5.74, 6) is -0.920. The van der Waals surface area contributed by atoms with E-state index in [1.807, 2.05) is 24.3 Å². The summed E-state index contributed by atoms with van der Waals surface area (Å²) in [6.07, 6.45) is 6.71. The maximum Gasteiger partial charge on any atom is 0.331 e. The number of para-hydroxylation sites is 1. The minimum absolute atomic E-state index is 0.165. The predicted octanol–water partition coefficient (Wildman–Crippen LogP) is 3.44. The van der Waals surface area contributed by atoms with Crippen molar-refractivity contribution in [3.8, 4) is 0 Å². The van der Waals surface area contributed by atoms with Gasteiger partial charge in [-0.25, -0.2) is 13.2 Å². The average Bonchev–Trinajstić information content (AvgIpc) is 3.48. The first-order valence-corrected chi connectivity index (χ1v) is 12.7. The summed E-state index contributed by atoms with van der Waals surface area (Å²) in [4.78, 5) is 24.4. The first kappa shape index (κ1) is 23.0. The van der Waals surface area contributed by atoms with Gasteiger partial charge in [-0.2, -0.15) is 0 Å². The van der Waals surface area contributed by atoms with E-state index in [2.05, 4.69) is 5.32 Å². The molecular weight excluding hydrogens is 440 g/mol. The number of carbonyl (C=O) groups excluding carboxylic acids is 2. The molecule has 174 valence electrons. The third-order valence-corrected chi connectivity index (χ3v) is 7.92. The fourth-order valence-corrected chi connectivity index (χ4v) is 5.76. The molecule has 0 bridgehead atoms. The lowest BCUT2D eigenvalue weighted by atomic mass is 10.2. The highest BCUT2D eigenvalue weighted by Crippen LogP contribution is 2.32. The van der Waals surface area contributed by atoms with E-state index in [1.165, 1.54) is 28.6 Å². The van der Waals surface area contributed by atoms with E-state index in [9.17, 15) is 18.0 Å². The molecule has 7 nitrogen and oxygen atoms in total. The summed E-state index contributed by atoms with van der Waals surface area (Å²) >= 11 is 0. The fourth-order valence-electron chi connectivity index (χ4n) is 4.26. The van der Waals surface area contributed by atoms with Crippen LogP contribution in [0.1, 0.15) is 43.7 Å². The van der Waals surface area contributed by atoms with Crippen molar-refractivity contribution in [3.63, 3.8) is 0 Å². The molecule has 1 atom stereocenters. The second-order valence-corrected chi connectivity index (χ2v) is 10.3. The highest BCUT2D eigenvalue weighted by Gasteiger charge is 2.30. The highest BCUT2D eigenvalue weighted by atomic mass is 32.2. The van der Waals surface area contributed by atoms with Crippen molar-refractivity contribution in [3.05, 3.63) is 65.7 Å². The molecule has 0 saturated heterocycles. The average molecular weight is 469 g/mol. The molecule has 2 aromatic rings. The third kappa shape index (κ3) is 5.27. The Kier molecular flexibility index (Phi) is 6.83. The third-order valence-electron chi connectivity index (χ3n) is 6.09. The lowest BCUT2D eigenvalue weighted by Crippen LogP contribution is -2.40. The number of nitrogens with one attached hydrogen (secondary N) is 1. The van der Waals surface area contributed by atoms with Gasteiger partial charge in [0.2, 0.25) is 0 Å². The molecule has 0 radical (unpaired) electrons. The second-order valence-electron chi connectivity index (χ2n) is 8.43. The number of esters is 1. The van der Waals surface area contributed by atoms with Gasteiger partial charge in [0.15, 0.2) is 6.10 Å². The molecule has 1 amide bonds. The summed E-state index contributed by atoms with van der Waals surface area (Å²) in [7, 11) is -3.66. The standard InChI is InChI=1S/C25H28N2O5S/c1-18(25(29)26-21-7-3-4-8-21)32-24(28)15-12-19-10-13-22(14-11-19)33(30,31)27-17-16-20-6-2-5-9-23(20)27/h2,5-6,9-15,18,21H,3-4,7-8,16-17H2,1H3,(H,26,29)/b15-12+. The molecule has 33 heavy (non-hydrogen) atoms. The Morgan fingerprint density at radius 1 is 1.09 bits per heavy atom. The Bertz CT molecular complexity index is 1150. The zero-order valence-electron chi connectivity index (χ0n) is 18.6. The van der Waals surface area contributed by atoms with Crippen molar-refractivity contribution >= 4 is 33.7 Å². The van der Waals surface area contributed by atoms with Crippen LogP contribution in [0.25, 0.3) is 6.08 Å². The van der Waals surface area contributed by atoms with Crippen LogP contribution in [0.2, 0.25) is 0 Å². The van der Waals surface area contributed by atoms with E-state index in [4.69, 9.17) is 4.74 Å². The second kappa shape index (κ2) is 9.79. The predicted molar refractivity (Wildman–Crippen MR) is 126 cm³/mol. The lowest BCUT2D eigenvalue weighted by Gasteiger charge is -2.19. The maximum absolute atomic E-state index is 13.1. The normalized spacial score (nSPS) is 17.2. The molecule has 0 aromatic heterocycles. The number of anilines is 1. The van der Waals surface area contributed by atoms with Gasteiger partial charge in [0.05, 0.1) is 10.6 Å². The molecule has 1 unspecified atom stereocenters. The van der Waals surface area contributed by atoms with Crippen LogP contribution in [-0.2, 0) is 30.8 Å². The van der Waals surface area contributed by atoms with Crippen LogP contribution in [0, 0.1) is 0 Å². The van der Waals surface area contributed by atoms with Crippen molar-refractivity contribution in [1.82, 2.24) is 5.32 Å². The van der Waals surface area contributed by atoms with Crippen molar-refractivity contribution < 1.29 is 22.7 Å². The first-order chi connectivity index (χ1) is 15.8. The lowest BCUT2D eigenvalue weighted by molar-refractivity contribution is -0.150. The first-order valence-electron chi connectivity index (χ1n) is 11.2.